The van der Waals surface area contributed by atoms with Crippen LogP contribution in [-0.2, 0) is 4.74 Å². The number of nitrogens with zero attached hydrogens (tertiary/aromatic N) is 2. The van der Waals surface area contributed by atoms with Gasteiger partial charge < -0.3 is 4.74 Å². The SMILES string of the molecule is COC(=O)c1ccc(-c2cnccn2)c(Cl)c1. The van der Waals surface area contributed by atoms with Gasteiger partial charge in [0.05, 0.1) is 29.6 Å². The average molecular weight is 249 g/mol. The van der Waals surface area contributed by atoms with Gasteiger partial charge in [-0.2, -0.15) is 0 Å². The van der Waals surface area contributed by atoms with Gasteiger partial charge in [0.2, 0.25) is 0 Å². The van der Waals surface area contributed by atoms with Crippen molar-refractivity contribution < 1.29 is 9.53 Å². The van der Waals surface area contributed by atoms with Crippen LogP contribution in [0.3, 0.4) is 0 Å². The van der Waals surface area contributed by atoms with E-state index in [-0.39, 0.29) is 0 Å². The molecule has 1 heterocycles. The lowest BCUT2D eigenvalue weighted by Crippen LogP contribution is -2.01. The number of carbonyl (C=O) groups excluding carboxylic acids is 1. The second-order valence-corrected chi connectivity index (χ2v) is 3.68. The van der Waals surface area contributed by atoms with E-state index in [0.29, 0.717) is 16.3 Å². The molecule has 0 radical (unpaired) electrons. The molecule has 5 heteroatoms. The van der Waals surface area contributed by atoms with E-state index in [4.69, 9.17) is 11.6 Å². The van der Waals surface area contributed by atoms with E-state index in [0.717, 1.165) is 5.56 Å². The third-order valence-electron chi connectivity index (χ3n) is 2.23. The quantitative estimate of drug-likeness (QED) is 0.767. The normalized spacial score (nSPS) is 10.0. The molecule has 0 saturated carbocycles. The van der Waals surface area contributed by atoms with Crippen LogP contribution in [0.15, 0.2) is 36.8 Å². The summed E-state index contributed by atoms with van der Waals surface area (Å²) in [4.78, 5) is 19.4. The molecule has 2 aromatic rings. The Morgan fingerprint density at radius 1 is 1.35 bits per heavy atom. The van der Waals surface area contributed by atoms with E-state index in [2.05, 4.69) is 14.7 Å². The Morgan fingerprint density at radius 3 is 2.76 bits per heavy atom. The highest BCUT2D eigenvalue weighted by Crippen LogP contribution is 2.26. The van der Waals surface area contributed by atoms with Crippen LogP contribution >= 0.6 is 11.6 Å². The van der Waals surface area contributed by atoms with Gasteiger partial charge >= 0.3 is 5.97 Å². The molecule has 4 nitrogen and oxygen atoms in total. The molecule has 0 atom stereocenters. The minimum absolute atomic E-state index is 0.408. The fourth-order valence-corrected chi connectivity index (χ4v) is 1.68. The summed E-state index contributed by atoms with van der Waals surface area (Å²) in [6.45, 7) is 0. The highest BCUT2D eigenvalue weighted by atomic mass is 35.5. The molecule has 0 aliphatic rings. The van der Waals surface area contributed by atoms with Crippen molar-refractivity contribution in [3.8, 4) is 11.3 Å². The van der Waals surface area contributed by atoms with Crippen molar-refractivity contribution in [2.75, 3.05) is 7.11 Å². The number of aromatic nitrogens is 2. The Kier molecular flexibility index (Phi) is 3.35. The zero-order valence-corrected chi connectivity index (χ0v) is 9.81. The Labute approximate surface area is 103 Å². The van der Waals surface area contributed by atoms with E-state index in [9.17, 15) is 4.79 Å². The monoisotopic (exact) mass is 248 g/mol. The molecule has 0 fully saturated rings. The van der Waals surface area contributed by atoms with Crippen LogP contribution in [-0.4, -0.2) is 23.0 Å². The van der Waals surface area contributed by atoms with E-state index in [1.54, 1.807) is 36.8 Å². The Morgan fingerprint density at radius 2 is 2.18 bits per heavy atom. The first-order valence-corrected chi connectivity index (χ1v) is 5.24. The molecule has 1 aromatic carbocycles. The lowest BCUT2D eigenvalue weighted by atomic mass is 10.1. The molecule has 0 N–H and O–H groups in total. The van der Waals surface area contributed by atoms with Gasteiger partial charge in [-0.1, -0.05) is 17.7 Å². The van der Waals surface area contributed by atoms with E-state index >= 15 is 0 Å². The molecule has 0 bridgehead atoms. The molecule has 0 aliphatic carbocycles. The molecule has 1 aromatic heterocycles. The van der Waals surface area contributed by atoms with Gasteiger partial charge in [0.25, 0.3) is 0 Å². The van der Waals surface area contributed by atoms with Crippen molar-refractivity contribution in [2.45, 2.75) is 0 Å². The number of rotatable bonds is 2. The van der Waals surface area contributed by atoms with E-state index in [1.165, 1.54) is 7.11 Å². The first kappa shape index (κ1) is 11.5. The second-order valence-electron chi connectivity index (χ2n) is 3.28. The summed E-state index contributed by atoms with van der Waals surface area (Å²) in [6, 6.07) is 4.91. The molecule has 2 rings (SSSR count). The van der Waals surface area contributed by atoms with Gasteiger partial charge in [-0.15, -0.1) is 0 Å². The second kappa shape index (κ2) is 4.93. The average Bonchev–Trinajstić information content (AvgIpc) is 2.38. The number of ether oxygens (including phenoxy) is 1. The van der Waals surface area contributed by atoms with E-state index < -0.39 is 5.97 Å². The van der Waals surface area contributed by atoms with Crippen molar-refractivity contribution in [2.24, 2.45) is 0 Å². The number of hydrogen-bond donors (Lipinski definition) is 0. The maximum atomic E-state index is 11.3. The summed E-state index contributed by atoms with van der Waals surface area (Å²) in [5.74, 6) is -0.419. The number of hydrogen-bond acceptors (Lipinski definition) is 4. The largest absolute Gasteiger partial charge is 0.465 e. The maximum Gasteiger partial charge on any atom is 0.337 e. The van der Waals surface area contributed by atoms with Gasteiger partial charge in [-0.05, 0) is 12.1 Å². The lowest BCUT2D eigenvalue weighted by molar-refractivity contribution is 0.0601. The molecule has 86 valence electrons. The highest BCUT2D eigenvalue weighted by Gasteiger charge is 2.10. The fraction of sp³-hybridized carbons (Fsp3) is 0.0833. The fourth-order valence-electron chi connectivity index (χ4n) is 1.41. The topological polar surface area (TPSA) is 52.1 Å². The van der Waals surface area contributed by atoms with Crippen LogP contribution in [0.5, 0.6) is 0 Å². The third-order valence-corrected chi connectivity index (χ3v) is 2.54. The van der Waals surface area contributed by atoms with Crippen LogP contribution in [0, 0.1) is 0 Å². The molecule has 0 unspecified atom stereocenters. The predicted octanol–water partition coefficient (Wildman–Crippen LogP) is 2.58. The number of halogens is 1. The number of benzene rings is 1. The van der Waals surface area contributed by atoms with Crippen molar-refractivity contribution in [3.63, 3.8) is 0 Å². The predicted molar refractivity (Wildman–Crippen MR) is 63.8 cm³/mol. The summed E-state index contributed by atoms with van der Waals surface area (Å²) < 4.78 is 4.61. The minimum Gasteiger partial charge on any atom is -0.465 e. The zero-order chi connectivity index (χ0) is 12.3. The summed E-state index contributed by atoms with van der Waals surface area (Å²) in [5, 5.41) is 0.438. The van der Waals surface area contributed by atoms with Gasteiger partial charge in [-0.25, -0.2) is 4.79 Å². The lowest BCUT2D eigenvalue weighted by Gasteiger charge is -2.05. The number of carbonyl (C=O) groups is 1. The highest BCUT2D eigenvalue weighted by molar-refractivity contribution is 6.33. The standard InChI is InChI=1S/C12H9ClN2O2/c1-17-12(16)8-2-3-9(10(13)6-8)11-7-14-4-5-15-11/h2-7H,1H3. The number of methoxy groups -OCH3 is 1. The molecule has 0 spiro atoms. The van der Waals surface area contributed by atoms with Crippen LogP contribution in [0.25, 0.3) is 11.3 Å². The molecule has 0 saturated heterocycles. The first-order valence-electron chi connectivity index (χ1n) is 4.86. The van der Waals surface area contributed by atoms with Gasteiger partial charge in [0.1, 0.15) is 0 Å². The van der Waals surface area contributed by atoms with Crippen LogP contribution < -0.4 is 0 Å². The van der Waals surface area contributed by atoms with Crippen molar-refractivity contribution in [3.05, 3.63) is 47.4 Å². The Bertz CT molecular complexity index is 543. The molecular weight excluding hydrogens is 240 g/mol. The minimum atomic E-state index is -0.419. The molecule has 0 amide bonds. The van der Waals surface area contributed by atoms with Crippen LogP contribution in [0.2, 0.25) is 5.02 Å². The maximum absolute atomic E-state index is 11.3. The third kappa shape index (κ3) is 2.42. The molecular formula is C12H9ClN2O2. The molecule has 0 aliphatic heterocycles. The van der Waals surface area contributed by atoms with Crippen LogP contribution in [0.4, 0.5) is 0 Å². The summed E-state index contributed by atoms with van der Waals surface area (Å²) >= 11 is 6.09. The van der Waals surface area contributed by atoms with Gasteiger partial charge in [0.15, 0.2) is 0 Å². The first-order chi connectivity index (χ1) is 8.22. The van der Waals surface area contributed by atoms with Crippen molar-refractivity contribution in [1.29, 1.82) is 0 Å². The Balaban J connectivity index is 2.42. The summed E-state index contributed by atoms with van der Waals surface area (Å²) in [7, 11) is 1.33. The van der Waals surface area contributed by atoms with Gasteiger partial charge in [-0.3, -0.25) is 9.97 Å². The Hall–Kier alpha value is -1.94. The van der Waals surface area contributed by atoms with Crippen molar-refractivity contribution in [1.82, 2.24) is 9.97 Å². The number of esters is 1. The summed E-state index contributed by atoms with van der Waals surface area (Å²) in [6.07, 6.45) is 4.78. The van der Waals surface area contributed by atoms with Crippen molar-refractivity contribution >= 4 is 17.6 Å². The molecule has 17 heavy (non-hydrogen) atoms. The van der Waals surface area contributed by atoms with Crippen LogP contribution in [0.1, 0.15) is 10.4 Å². The van der Waals surface area contributed by atoms with E-state index in [1.807, 2.05) is 0 Å². The zero-order valence-electron chi connectivity index (χ0n) is 9.05. The smallest absolute Gasteiger partial charge is 0.337 e. The van der Waals surface area contributed by atoms with Gasteiger partial charge in [0, 0.05) is 18.0 Å². The summed E-state index contributed by atoms with van der Waals surface area (Å²) in [5.41, 5.74) is 1.80.